The van der Waals surface area contributed by atoms with Crippen LogP contribution in [0, 0.1) is 17.0 Å². The number of nitro benzene ring substituents is 1. The average Bonchev–Trinajstić information content (AvgIpc) is 2.88. The number of aromatic amines is 2. The van der Waals surface area contributed by atoms with E-state index in [0.717, 1.165) is 11.5 Å². The fourth-order valence-electron chi connectivity index (χ4n) is 2.71. The second-order valence-electron chi connectivity index (χ2n) is 5.47. The zero-order chi connectivity index (χ0) is 17.4. The molecule has 1 aromatic carbocycles. The minimum atomic E-state index is -0.846. The Morgan fingerprint density at radius 2 is 1.96 bits per heavy atom. The van der Waals surface area contributed by atoms with Gasteiger partial charge in [-0.05, 0) is 6.92 Å². The zero-order valence-electron chi connectivity index (χ0n) is 13.1. The predicted octanol–water partition coefficient (Wildman–Crippen LogP) is 1.24. The van der Waals surface area contributed by atoms with Gasteiger partial charge in [0.25, 0.3) is 5.69 Å². The molecule has 0 saturated heterocycles. The number of aromatic nitrogens is 4. The second-order valence-corrected chi connectivity index (χ2v) is 5.47. The number of imidazole rings is 1. The number of non-ortho nitro benzene ring substituents is 1. The van der Waals surface area contributed by atoms with Crippen molar-refractivity contribution in [3.63, 3.8) is 0 Å². The maximum Gasteiger partial charge on any atom is 0.314 e. The van der Waals surface area contributed by atoms with Crippen LogP contribution in [0.2, 0.25) is 0 Å². The highest BCUT2D eigenvalue weighted by atomic mass is 16.6. The van der Waals surface area contributed by atoms with Gasteiger partial charge in [0.2, 0.25) is 0 Å². The smallest absolute Gasteiger partial charge is 0.314 e. The lowest BCUT2D eigenvalue weighted by Crippen LogP contribution is -2.29. The highest BCUT2D eigenvalue weighted by Gasteiger charge is 2.15. The summed E-state index contributed by atoms with van der Waals surface area (Å²) in [7, 11) is 0. The zero-order valence-corrected chi connectivity index (χ0v) is 13.1. The van der Waals surface area contributed by atoms with Gasteiger partial charge in [-0.15, -0.1) is 0 Å². The number of benzene rings is 1. The van der Waals surface area contributed by atoms with Gasteiger partial charge in [0.05, 0.1) is 28.2 Å². The second kappa shape index (κ2) is 5.76. The lowest BCUT2D eigenvalue weighted by molar-refractivity contribution is -0.384. The molecule has 0 spiro atoms. The molecule has 0 atom stereocenters. The molecular weight excluding hydrogens is 314 g/mol. The van der Waals surface area contributed by atoms with Crippen molar-refractivity contribution in [1.29, 1.82) is 0 Å². The fraction of sp³-hybridized carbons (Fsp3) is 0.267. The summed E-state index contributed by atoms with van der Waals surface area (Å²) >= 11 is 0. The third-order valence-electron chi connectivity index (χ3n) is 3.75. The Kier molecular flexibility index (Phi) is 3.76. The molecule has 2 N–H and O–H groups in total. The molecule has 9 heteroatoms. The predicted molar refractivity (Wildman–Crippen MR) is 87.3 cm³/mol. The molecule has 3 aromatic rings. The molecular formula is C15H15N5O4. The highest BCUT2D eigenvalue weighted by molar-refractivity contribution is 5.80. The summed E-state index contributed by atoms with van der Waals surface area (Å²) in [6, 6.07) is 2.63. The summed E-state index contributed by atoms with van der Waals surface area (Å²) in [4.78, 5) is 43.0. The van der Waals surface area contributed by atoms with Crippen LogP contribution in [0.3, 0.4) is 0 Å². The maximum absolute atomic E-state index is 11.6. The number of nitrogens with zero attached hydrogens (tertiary/aromatic N) is 3. The van der Waals surface area contributed by atoms with Crippen molar-refractivity contribution in [2.24, 2.45) is 0 Å². The molecule has 0 aliphatic rings. The van der Waals surface area contributed by atoms with E-state index in [2.05, 4.69) is 15.0 Å². The SMILES string of the molecule is CCc1nc(C)cn1Cc1cc([N+](=O)[O-])cc2[nH]c(=O)c(=O)[nH]c12. The lowest BCUT2D eigenvalue weighted by Gasteiger charge is -2.09. The number of fused-ring (bicyclic) bond motifs is 1. The number of nitro groups is 1. The molecule has 0 unspecified atom stereocenters. The average molecular weight is 329 g/mol. The van der Waals surface area contributed by atoms with Gasteiger partial charge >= 0.3 is 11.1 Å². The van der Waals surface area contributed by atoms with Gasteiger partial charge in [-0.2, -0.15) is 0 Å². The Morgan fingerprint density at radius 1 is 1.25 bits per heavy atom. The molecule has 9 nitrogen and oxygen atoms in total. The largest absolute Gasteiger partial charge is 0.330 e. The summed E-state index contributed by atoms with van der Waals surface area (Å²) < 4.78 is 1.87. The lowest BCUT2D eigenvalue weighted by atomic mass is 10.1. The number of H-pyrrole nitrogens is 2. The summed E-state index contributed by atoms with van der Waals surface area (Å²) in [5, 5.41) is 11.2. The first-order chi connectivity index (χ1) is 11.4. The van der Waals surface area contributed by atoms with Gasteiger partial charge in [-0.1, -0.05) is 6.92 Å². The standard InChI is InChI=1S/C15H15N5O4/c1-3-12-16-8(2)6-19(12)7-9-4-10(20(23)24)5-11-13(9)18-15(22)14(21)17-11/h4-6H,3,7H2,1-2H3,(H,17,21)(H,18,22). The summed E-state index contributed by atoms with van der Waals surface area (Å²) in [5.74, 6) is 0.832. The van der Waals surface area contributed by atoms with Gasteiger partial charge in [-0.25, -0.2) is 4.98 Å². The molecule has 124 valence electrons. The minimum absolute atomic E-state index is 0.157. The molecule has 2 aromatic heterocycles. The maximum atomic E-state index is 11.6. The number of hydrogen-bond acceptors (Lipinski definition) is 5. The van der Waals surface area contributed by atoms with Crippen LogP contribution in [-0.4, -0.2) is 24.4 Å². The van der Waals surface area contributed by atoms with Gasteiger partial charge in [0.15, 0.2) is 0 Å². The monoisotopic (exact) mass is 329 g/mol. The Balaban J connectivity index is 2.24. The van der Waals surface area contributed by atoms with Crippen LogP contribution < -0.4 is 11.1 Å². The van der Waals surface area contributed by atoms with E-state index in [9.17, 15) is 19.7 Å². The number of hydrogen-bond donors (Lipinski definition) is 2. The first kappa shape index (κ1) is 15.7. The molecule has 0 radical (unpaired) electrons. The van der Waals surface area contributed by atoms with E-state index in [-0.39, 0.29) is 11.2 Å². The van der Waals surface area contributed by atoms with Crippen molar-refractivity contribution >= 4 is 16.7 Å². The Labute approximate surface area is 135 Å². The Hall–Kier alpha value is -3.23. The third-order valence-corrected chi connectivity index (χ3v) is 3.75. The van der Waals surface area contributed by atoms with Crippen molar-refractivity contribution in [3.8, 4) is 0 Å². The number of nitrogens with one attached hydrogen (secondary N) is 2. The number of rotatable bonds is 4. The van der Waals surface area contributed by atoms with Gasteiger partial charge in [0.1, 0.15) is 5.82 Å². The normalized spacial score (nSPS) is 11.1. The summed E-state index contributed by atoms with van der Waals surface area (Å²) in [5.41, 5.74) is 0.160. The van der Waals surface area contributed by atoms with Crippen LogP contribution in [0.1, 0.15) is 24.0 Å². The van der Waals surface area contributed by atoms with E-state index in [1.165, 1.54) is 12.1 Å². The van der Waals surface area contributed by atoms with Gasteiger partial charge < -0.3 is 14.5 Å². The molecule has 0 bridgehead atoms. The van der Waals surface area contributed by atoms with E-state index < -0.39 is 16.0 Å². The van der Waals surface area contributed by atoms with Crippen LogP contribution in [-0.2, 0) is 13.0 Å². The first-order valence-corrected chi connectivity index (χ1v) is 7.35. The molecule has 24 heavy (non-hydrogen) atoms. The van der Waals surface area contributed by atoms with E-state index in [0.29, 0.717) is 24.0 Å². The van der Waals surface area contributed by atoms with Crippen molar-refractivity contribution in [2.45, 2.75) is 26.8 Å². The molecule has 0 aliphatic heterocycles. The molecule has 0 saturated carbocycles. The first-order valence-electron chi connectivity index (χ1n) is 7.35. The summed E-state index contributed by atoms with van der Waals surface area (Å²) in [6.07, 6.45) is 2.54. The van der Waals surface area contributed by atoms with Gasteiger partial charge in [0, 0.05) is 30.3 Å². The minimum Gasteiger partial charge on any atom is -0.330 e. The number of aryl methyl sites for hydroxylation is 2. The van der Waals surface area contributed by atoms with Gasteiger partial charge in [-0.3, -0.25) is 19.7 Å². The van der Waals surface area contributed by atoms with Crippen LogP contribution in [0.15, 0.2) is 27.9 Å². The molecule has 2 heterocycles. The van der Waals surface area contributed by atoms with Crippen molar-refractivity contribution in [3.05, 3.63) is 66.2 Å². The van der Waals surface area contributed by atoms with Crippen molar-refractivity contribution < 1.29 is 4.92 Å². The van der Waals surface area contributed by atoms with Crippen LogP contribution >= 0.6 is 0 Å². The Bertz CT molecular complexity index is 1060. The van der Waals surface area contributed by atoms with E-state index in [1.807, 2.05) is 24.6 Å². The third kappa shape index (κ3) is 2.71. The summed E-state index contributed by atoms with van der Waals surface area (Å²) in [6.45, 7) is 4.12. The van der Waals surface area contributed by atoms with E-state index >= 15 is 0 Å². The highest BCUT2D eigenvalue weighted by Crippen LogP contribution is 2.23. The molecule has 3 rings (SSSR count). The van der Waals surface area contributed by atoms with Crippen LogP contribution in [0.4, 0.5) is 5.69 Å². The van der Waals surface area contributed by atoms with Crippen molar-refractivity contribution in [2.75, 3.05) is 0 Å². The topological polar surface area (TPSA) is 127 Å². The Morgan fingerprint density at radius 3 is 2.62 bits per heavy atom. The van der Waals surface area contributed by atoms with Crippen molar-refractivity contribution in [1.82, 2.24) is 19.5 Å². The van der Waals surface area contributed by atoms with E-state index in [1.54, 1.807) is 0 Å². The van der Waals surface area contributed by atoms with Crippen LogP contribution in [0.25, 0.3) is 11.0 Å². The quantitative estimate of drug-likeness (QED) is 0.423. The van der Waals surface area contributed by atoms with E-state index in [4.69, 9.17) is 0 Å². The molecule has 0 fully saturated rings. The molecule has 0 aliphatic carbocycles. The molecule has 0 amide bonds. The fourth-order valence-corrected chi connectivity index (χ4v) is 2.71. The van der Waals surface area contributed by atoms with Crippen LogP contribution in [0.5, 0.6) is 0 Å².